The van der Waals surface area contributed by atoms with Gasteiger partial charge in [-0.2, -0.15) is 5.26 Å². The first kappa shape index (κ1) is 12.4. The van der Waals surface area contributed by atoms with E-state index in [4.69, 9.17) is 14.7 Å². The zero-order valence-corrected chi connectivity index (χ0v) is 9.37. The van der Waals surface area contributed by atoms with E-state index in [1.54, 1.807) is 7.05 Å². The molecule has 15 heavy (non-hydrogen) atoms. The summed E-state index contributed by atoms with van der Waals surface area (Å²) in [5.41, 5.74) is 0. The lowest BCUT2D eigenvalue weighted by molar-refractivity contribution is -0.0413. The van der Waals surface area contributed by atoms with Crippen LogP contribution in [0.15, 0.2) is 0 Å². The van der Waals surface area contributed by atoms with Gasteiger partial charge in [-0.3, -0.25) is 0 Å². The minimum atomic E-state index is -0.0997. The molecular weight excluding hydrogens is 192 g/mol. The monoisotopic (exact) mass is 212 g/mol. The molecule has 0 radical (unpaired) electrons. The molecule has 0 spiro atoms. The molecule has 1 aliphatic rings. The van der Waals surface area contributed by atoms with E-state index < -0.39 is 0 Å². The Morgan fingerprint density at radius 2 is 2.47 bits per heavy atom. The van der Waals surface area contributed by atoms with Gasteiger partial charge >= 0.3 is 0 Å². The molecule has 0 saturated carbocycles. The summed E-state index contributed by atoms with van der Waals surface area (Å²) in [5, 5.41) is 11.6. The quantitative estimate of drug-likeness (QED) is 0.669. The first-order chi connectivity index (χ1) is 7.36. The van der Waals surface area contributed by atoms with Gasteiger partial charge in [0.15, 0.2) is 0 Å². The van der Waals surface area contributed by atoms with Crippen LogP contribution in [0, 0.1) is 11.3 Å². The predicted octanol–water partition coefficient (Wildman–Crippen LogP) is 1.07. The van der Waals surface area contributed by atoms with Gasteiger partial charge < -0.3 is 14.8 Å². The number of hydrogen-bond donors (Lipinski definition) is 1. The highest BCUT2D eigenvalue weighted by Gasteiger charge is 2.13. The topological polar surface area (TPSA) is 54.3 Å². The Balaban J connectivity index is 1.98. The number of hydrogen-bond acceptors (Lipinski definition) is 4. The van der Waals surface area contributed by atoms with Crippen molar-refractivity contribution < 1.29 is 9.47 Å². The minimum Gasteiger partial charge on any atom is -0.379 e. The molecule has 86 valence electrons. The third-order valence-corrected chi connectivity index (χ3v) is 2.63. The van der Waals surface area contributed by atoms with Crippen molar-refractivity contribution in [2.75, 3.05) is 26.9 Å². The molecule has 1 heterocycles. The summed E-state index contributed by atoms with van der Waals surface area (Å²) >= 11 is 0. The molecule has 4 nitrogen and oxygen atoms in total. The fourth-order valence-corrected chi connectivity index (χ4v) is 1.63. The Hall–Kier alpha value is -0.630. The van der Waals surface area contributed by atoms with Crippen LogP contribution in [0.25, 0.3) is 0 Å². The number of rotatable bonds is 6. The maximum absolute atomic E-state index is 8.68. The summed E-state index contributed by atoms with van der Waals surface area (Å²) in [5.74, 6) is 0. The van der Waals surface area contributed by atoms with Crippen LogP contribution >= 0.6 is 0 Å². The van der Waals surface area contributed by atoms with Gasteiger partial charge in [0.25, 0.3) is 0 Å². The summed E-state index contributed by atoms with van der Waals surface area (Å²) in [7, 11) is 1.79. The Morgan fingerprint density at radius 3 is 3.07 bits per heavy atom. The zero-order chi connectivity index (χ0) is 10.9. The number of ether oxygens (including phenoxy) is 2. The molecule has 0 aliphatic carbocycles. The van der Waals surface area contributed by atoms with E-state index in [0.717, 1.165) is 19.4 Å². The molecule has 2 atom stereocenters. The summed E-state index contributed by atoms with van der Waals surface area (Å²) < 4.78 is 11.0. The van der Waals surface area contributed by atoms with E-state index in [2.05, 4.69) is 11.4 Å². The smallest absolute Gasteiger partial charge is 0.0972 e. The molecule has 0 aromatic heterocycles. The molecule has 1 N–H and O–H groups in total. The average Bonchev–Trinajstić information content (AvgIpc) is 2.31. The second kappa shape index (κ2) is 7.63. The maximum Gasteiger partial charge on any atom is 0.0972 e. The molecule has 4 heteroatoms. The van der Waals surface area contributed by atoms with E-state index in [9.17, 15) is 0 Å². The summed E-state index contributed by atoms with van der Waals surface area (Å²) in [6, 6.07) is 2.07. The molecule has 1 rings (SSSR count). The normalized spacial score (nSPS) is 23.3. The van der Waals surface area contributed by atoms with Gasteiger partial charge in [0, 0.05) is 13.2 Å². The lowest BCUT2D eigenvalue weighted by Crippen LogP contribution is -2.27. The Morgan fingerprint density at radius 1 is 1.60 bits per heavy atom. The molecule has 1 aliphatic heterocycles. The minimum absolute atomic E-state index is 0.0997. The van der Waals surface area contributed by atoms with Gasteiger partial charge in [-0.1, -0.05) is 0 Å². The van der Waals surface area contributed by atoms with Gasteiger partial charge in [-0.25, -0.2) is 0 Å². The highest BCUT2D eigenvalue weighted by atomic mass is 16.5. The van der Waals surface area contributed by atoms with Crippen molar-refractivity contribution in [1.82, 2.24) is 5.32 Å². The first-order valence-electron chi connectivity index (χ1n) is 5.63. The molecule has 1 saturated heterocycles. The molecule has 0 aromatic carbocycles. The number of nitrogens with zero attached hydrogens (tertiary/aromatic N) is 1. The Kier molecular flexibility index (Phi) is 6.33. The third kappa shape index (κ3) is 5.12. The summed E-state index contributed by atoms with van der Waals surface area (Å²) in [6.07, 6.45) is 4.53. The van der Waals surface area contributed by atoms with Crippen molar-refractivity contribution in [3.05, 3.63) is 0 Å². The molecule has 2 unspecified atom stereocenters. The highest BCUT2D eigenvalue weighted by molar-refractivity contribution is 4.88. The third-order valence-electron chi connectivity index (χ3n) is 2.63. The van der Waals surface area contributed by atoms with Gasteiger partial charge in [-0.15, -0.1) is 0 Å². The van der Waals surface area contributed by atoms with Crippen LogP contribution in [-0.4, -0.2) is 39.0 Å². The van der Waals surface area contributed by atoms with E-state index in [1.165, 1.54) is 12.8 Å². The molecule has 1 fully saturated rings. The predicted molar refractivity (Wildman–Crippen MR) is 57.5 cm³/mol. The molecule has 0 aromatic rings. The lowest BCUT2D eigenvalue weighted by atomic mass is 10.1. The molecular formula is C11H20N2O2. The standard InChI is InChI=1S/C11H20N2O2/c1-13-10(8-12)5-7-14-9-11-4-2-3-6-15-11/h10-11,13H,2-7,9H2,1H3. The van der Waals surface area contributed by atoms with Gasteiger partial charge in [-0.05, 0) is 32.7 Å². The Bertz CT molecular complexity index is 197. The van der Waals surface area contributed by atoms with Crippen molar-refractivity contribution in [3.8, 4) is 6.07 Å². The van der Waals surface area contributed by atoms with Gasteiger partial charge in [0.2, 0.25) is 0 Å². The largest absolute Gasteiger partial charge is 0.379 e. The lowest BCUT2D eigenvalue weighted by Gasteiger charge is -2.22. The average molecular weight is 212 g/mol. The fourth-order valence-electron chi connectivity index (χ4n) is 1.63. The van der Waals surface area contributed by atoms with Gasteiger partial charge in [0.1, 0.15) is 0 Å². The van der Waals surface area contributed by atoms with Gasteiger partial charge in [0.05, 0.1) is 24.8 Å². The van der Waals surface area contributed by atoms with Crippen LogP contribution in [0.3, 0.4) is 0 Å². The van der Waals surface area contributed by atoms with E-state index in [-0.39, 0.29) is 12.1 Å². The van der Waals surface area contributed by atoms with Crippen LogP contribution in [0.1, 0.15) is 25.7 Å². The summed E-state index contributed by atoms with van der Waals surface area (Å²) in [6.45, 7) is 2.16. The fraction of sp³-hybridized carbons (Fsp3) is 0.909. The van der Waals surface area contributed by atoms with Crippen molar-refractivity contribution in [3.63, 3.8) is 0 Å². The van der Waals surface area contributed by atoms with E-state index >= 15 is 0 Å². The van der Waals surface area contributed by atoms with Crippen molar-refractivity contribution >= 4 is 0 Å². The van der Waals surface area contributed by atoms with Crippen molar-refractivity contribution in [2.45, 2.75) is 37.8 Å². The van der Waals surface area contributed by atoms with Crippen LogP contribution in [-0.2, 0) is 9.47 Å². The zero-order valence-electron chi connectivity index (χ0n) is 9.37. The SMILES string of the molecule is CNC(C#N)CCOCC1CCCCO1. The van der Waals surface area contributed by atoms with E-state index in [0.29, 0.717) is 13.2 Å². The Labute approximate surface area is 91.6 Å². The molecule has 0 amide bonds. The van der Waals surface area contributed by atoms with E-state index in [1.807, 2.05) is 0 Å². The number of nitriles is 1. The number of nitrogens with one attached hydrogen (secondary N) is 1. The van der Waals surface area contributed by atoms with Crippen LogP contribution in [0.5, 0.6) is 0 Å². The van der Waals surface area contributed by atoms with Crippen molar-refractivity contribution in [2.24, 2.45) is 0 Å². The maximum atomic E-state index is 8.68. The van der Waals surface area contributed by atoms with Crippen molar-refractivity contribution in [1.29, 1.82) is 5.26 Å². The second-order valence-corrected chi connectivity index (χ2v) is 3.82. The highest BCUT2D eigenvalue weighted by Crippen LogP contribution is 2.12. The summed E-state index contributed by atoms with van der Waals surface area (Å²) in [4.78, 5) is 0. The second-order valence-electron chi connectivity index (χ2n) is 3.82. The van der Waals surface area contributed by atoms with Crippen LogP contribution in [0.4, 0.5) is 0 Å². The van der Waals surface area contributed by atoms with Crippen LogP contribution < -0.4 is 5.32 Å². The molecule has 0 bridgehead atoms. The van der Waals surface area contributed by atoms with Crippen LogP contribution in [0.2, 0.25) is 0 Å². The first-order valence-corrected chi connectivity index (χ1v) is 5.63.